The molecule has 1 aliphatic rings. The van der Waals surface area contributed by atoms with E-state index in [9.17, 15) is 9.59 Å². The van der Waals surface area contributed by atoms with E-state index in [0.29, 0.717) is 12.3 Å². The zero-order valence-corrected chi connectivity index (χ0v) is 16.1. The van der Waals surface area contributed by atoms with Gasteiger partial charge in [-0.15, -0.1) is 0 Å². The van der Waals surface area contributed by atoms with Crippen molar-refractivity contribution >= 4 is 5.91 Å². The van der Waals surface area contributed by atoms with Gasteiger partial charge in [0.2, 0.25) is 11.2 Å². The van der Waals surface area contributed by atoms with Crippen LogP contribution in [0.2, 0.25) is 0 Å². The fourth-order valence-electron chi connectivity index (χ4n) is 3.13. The Morgan fingerprint density at radius 3 is 2.70 bits per heavy atom. The highest BCUT2D eigenvalue weighted by Crippen LogP contribution is 2.20. The lowest BCUT2D eigenvalue weighted by atomic mass is 10.00. The molecule has 6 nitrogen and oxygen atoms in total. The molecular weight excluding hydrogens is 344 g/mol. The Balaban J connectivity index is 1.57. The molecule has 2 heterocycles. The van der Waals surface area contributed by atoms with Gasteiger partial charge in [0.25, 0.3) is 5.91 Å². The van der Waals surface area contributed by atoms with Crippen LogP contribution in [0.5, 0.6) is 5.75 Å². The van der Waals surface area contributed by atoms with Crippen molar-refractivity contribution in [3.05, 3.63) is 63.7 Å². The smallest absolute Gasteiger partial charge is 0.258 e. The molecule has 1 N–H and O–H groups in total. The lowest BCUT2D eigenvalue weighted by molar-refractivity contribution is -0.124. The van der Waals surface area contributed by atoms with Gasteiger partial charge in [-0.05, 0) is 38.3 Å². The van der Waals surface area contributed by atoms with Crippen LogP contribution in [0.25, 0.3) is 0 Å². The Kier molecular flexibility index (Phi) is 5.65. The van der Waals surface area contributed by atoms with Crippen molar-refractivity contribution < 1.29 is 13.9 Å². The summed E-state index contributed by atoms with van der Waals surface area (Å²) in [6, 6.07) is 9.85. The predicted molar refractivity (Wildman–Crippen MR) is 103 cm³/mol. The summed E-state index contributed by atoms with van der Waals surface area (Å²) in [5.74, 6) is 0.357. The van der Waals surface area contributed by atoms with Gasteiger partial charge in [0, 0.05) is 24.7 Å². The van der Waals surface area contributed by atoms with E-state index in [0.717, 1.165) is 19.5 Å². The number of nitrogens with one attached hydrogen (secondary N) is 1. The third-order valence-electron chi connectivity index (χ3n) is 4.31. The highest BCUT2D eigenvalue weighted by molar-refractivity contribution is 5.78. The van der Waals surface area contributed by atoms with Crippen LogP contribution in [-0.2, 0) is 24.3 Å². The normalized spacial score (nSPS) is 14.5. The first kappa shape index (κ1) is 19.2. The standard InChI is InChI=1S/C21H26N2O4/c1-21(2,3)22-20(25)14-27-19-13-26-17(10-18(19)24)12-23-9-8-15-6-4-5-7-16(15)11-23/h4-7,10,13H,8-9,11-12,14H2,1-3H3,(H,22,25). The van der Waals surface area contributed by atoms with Gasteiger partial charge < -0.3 is 14.5 Å². The van der Waals surface area contributed by atoms with E-state index < -0.39 is 0 Å². The number of hydrogen-bond donors (Lipinski definition) is 1. The molecule has 0 unspecified atom stereocenters. The molecule has 27 heavy (non-hydrogen) atoms. The van der Waals surface area contributed by atoms with Crippen LogP contribution in [0.4, 0.5) is 0 Å². The third-order valence-corrected chi connectivity index (χ3v) is 4.31. The van der Waals surface area contributed by atoms with Gasteiger partial charge in [-0.25, -0.2) is 0 Å². The van der Waals surface area contributed by atoms with Crippen LogP contribution in [0, 0.1) is 0 Å². The molecule has 0 bridgehead atoms. The van der Waals surface area contributed by atoms with Gasteiger partial charge in [-0.3, -0.25) is 14.5 Å². The molecule has 6 heteroatoms. The number of fused-ring (bicyclic) bond motifs is 1. The molecule has 1 amide bonds. The summed E-state index contributed by atoms with van der Waals surface area (Å²) in [7, 11) is 0. The summed E-state index contributed by atoms with van der Waals surface area (Å²) in [5.41, 5.74) is 2.07. The molecule has 144 valence electrons. The predicted octanol–water partition coefficient (Wildman–Crippen LogP) is 2.49. The average Bonchev–Trinajstić information content (AvgIpc) is 2.59. The fraction of sp³-hybridized carbons (Fsp3) is 0.429. The Labute approximate surface area is 159 Å². The van der Waals surface area contributed by atoms with Crippen molar-refractivity contribution in [2.24, 2.45) is 0 Å². The Morgan fingerprint density at radius 2 is 2.00 bits per heavy atom. The van der Waals surface area contributed by atoms with Crippen LogP contribution in [0.3, 0.4) is 0 Å². The number of rotatable bonds is 5. The van der Waals surface area contributed by atoms with Gasteiger partial charge in [0.05, 0.1) is 6.54 Å². The second-order valence-corrected chi connectivity index (χ2v) is 7.89. The number of nitrogens with zero attached hydrogens (tertiary/aromatic N) is 1. The van der Waals surface area contributed by atoms with Crippen molar-refractivity contribution in [3.8, 4) is 5.75 Å². The second-order valence-electron chi connectivity index (χ2n) is 7.89. The van der Waals surface area contributed by atoms with E-state index in [-0.39, 0.29) is 29.2 Å². The molecule has 0 aliphatic carbocycles. The molecule has 1 aromatic carbocycles. The number of amides is 1. The Morgan fingerprint density at radius 1 is 1.26 bits per heavy atom. The fourth-order valence-corrected chi connectivity index (χ4v) is 3.13. The highest BCUT2D eigenvalue weighted by atomic mass is 16.5. The van der Waals surface area contributed by atoms with E-state index >= 15 is 0 Å². The molecule has 2 aromatic rings. The van der Waals surface area contributed by atoms with E-state index in [4.69, 9.17) is 9.15 Å². The molecule has 1 aliphatic heterocycles. The number of benzene rings is 1. The number of hydrogen-bond acceptors (Lipinski definition) is 5. The molecule has 0 fully saturated rings. The van der Waals surface area contributed by atoms with Crippen molar-refractivity contribution in [2.45, 2.75) is 45.8 Å². The first-order chi connectivity index (χ1) is 12.8. The Hall–Kier alpha value is -2.60. The number of carbonyl (C=O) groups is 1. The zero-order chi connectivity index (χ0) is 19.4. The van der Waals surface area contributed by atoms with Gasteiger partial charge in [-0.2, -0.15) is 0 Å². The first-order valence-corrected chi connectivity index (χ1v) is 9.15. The maximum atomic E-state index is 12.2. The molecule has 1 aromatic heterocycles. The van der Waals surface area contributed by atoms with Gasteiger partial charge >= 0.3 is 0 Å². The molecule has 0 saturated carbocycles. The molecule has 0 saturated heterocycles. The second kappa shape index (κ2) is 7.96. The van der Waals surface area contributed by atoms with Crippen LogP contribution in [0.15, 0.2) is 45.8 Å². The molecule has 3 rings (SSSR count). The summed E-state index contributed by atoms with van der Waals surface area (Å²) in [4.78, 5) is 26.3. The highest BCUT2D eigenvalue weighted by Gasteiger charge is 2.18. The summed E-state index contributed by atoms with van der Waals surface area (Å²) in [6.45, 7) is 7.75. The van der Waals surface area contributed by atoms with Crippen molar-refractivity contribution in [1.82, 2.24) is 10.2 Å². The molecule has 0 atom stereocenters. The molecule has 0 radical (unpaired) electrons. The minimum Gasteiger partial charge on any atom is -0.477 e. The summed E-state index contributed by atoms with van der Waals surface area (Å²) < 4.78 is 10.9. The lowest BCUT2D eigenvalue weighted by Crippen LogP contribution is -2.43. The van der Waals surface area contributed by atoms with Crippen LogP contribution >= 0.6 is 0 Å². The lowest BCUT2D eigenvalue weighted by Gasteiger charge is -2.28. The largest absolute Gasteiger partial charge is 0.477 e. The van der Waals surface area contributed by atoms with E-state index in [2.05, 4.69) is 28.4 Å². The van der Waals surface area contributed by atoms with Crippen molar-refractivity contribution in [1.29, 1.82) is 0 Å². The molecular formula is C21H26N2O4. The SMILES string of the molecule is CC(C)(C)NC(=O)COc1coc(CN2CCc3ccccc3C2)cc1=O. The molecule has 0 spiro atoms. The van der Waals surface area contributed by atoms with E-state index in [1.807, 2.05) is 26.8 Å². The zero-order valence-electron chi connectivity index (χ0n) is 16.1. The van der Waals surface area contributed by atoms with Gasteiger partial charge in [0.1, 0.15) is 12.0 Å². The van der Waals surface area contributed by atoms with Crippen molar-refractivity contribution in [2.75, 3.05) is 13.2 Å². The van der Waals surface area contributed by atoms with Crippen LogP contribution in [0.1, 0.15) is 37.7 Å². The quantitative estimate of drug-likeness (QED) is 0.876. The topological polar surface area (TPSA) is 71.8 Å². The third kappa shape index (κ3) is 5.44. The summed E-state index contributed by atoms with van der Waals surface area (Å²) in [6.07, 6.45) is 2.28. The van der Waals surface area contributed by atoms with Crippen LogP contribution in [-0.4, -0.2) is 29.5 Å². The number of ether oxygens (including phenoxy) is 1. The Bertz CT molecular complexity index is 867. The van der Waals surface area contributed by atoms with E-state index in [1.54, 1.807) is 0 Å². The minimum atomic E-state index is -0.345. The van der Waals surface area contributed by atoms with Gasteiger partial charge in [-0.1, -0.05) is 24.3 Å². The van der Waals surface area contributed by atoms with E-state index in [1.165, 1.54) is 23.5 Å². The van der Waals surface area contributed by atoms with Crippen molar-refractivity contribution in [3.63, 3.8) is 0 Å². The number of carbonyl (C=O) groups excluding carboxylic acids is 1. The average molecular weight is 370 g/mol. The first-order valence-electron chi connectivity index (χ1n) is 9.15. The maximum Gasteiger partial charge on any atom is 0.258 e. The van der Waals surface area contributed by atoms with Gasteiger partial charge in [0.15, 0.2) is 6.61 Å². The minimum absolute atomic E-state index is 0.0480. The van der Waals surface area contributed by atoms with Crippen LogP contribution < -0.4 is 15.5 Å². The summed E-state index contributed by atoms with van der Waals surface area (Å²) in [5, 5.41) is 2.78. The monoisotopic (exact) mass is 370 g/mol. The maximum absolute atomic E-state index is 12.2. The summed E-state index contributed by atoms with van der Waals surface area (Å²) >= 11 is 0.